The van der Waals surface area contributed by atoms with Crippen molar-refractivity contribution in [2.24, 2.45) is 0 Å². The highest BCUT2D eigenvalue weighted by Gasteiger charge is 2.17. The number of carbonyl (C=O) groups excluding carboxylic acids is 1. The van der Waals surface area contributed by atoms with Gasteiger partial charge in [0.15, 0.2) is 0 Å². The zero-order chi connectivity index (χ0) is 14.6. The molecule has 0 atom stereocenters. The second-order valence-corrected chi connectivity index (χ2v) is 5.24. The van der Waals surface area contributed by atoms with E-state index in [2.05, 4.69) is 5.32 Å². The fourth-order valence-corrected chi connectivity index (χ4v) is 1.48. The molecule has 0 heterocycles. The first-order valence-electron chi connectivity index (χ1n) is 5.86. The number of hydrogen-bond acceptors (Lipinski definition) is 4. The maximum atomic E-state index is 13.2. The zero-order valence-corrected chi connectivity index (χ0v) is 11.5. The van der Waals surface area contributed by atoms with Crippen molar-refractivity contribution in [3.8, 4) is 0 Å². The summed E-state index contributed by atoms with van der Waals surface area (Å²) in [7, 11) is 1.43. The van der Waals surface area contributed by atoms with E-state index in [1.165, 1.54) is 25.2 Å². The molecule has 0 unspecified atom stereocenters. The van der Waals surface area contributed by atoms with Gasteiger partial charge in [0.2, 0.25) is 0 Å². The third-order valence-corrected chi connectivity index (χ3v) is 2.10. The molecule has 1 rings (SSSR count). The van der Waals surface area contributed by atoms with Gasteiger partial charge < -0.3 is 9.94 Å². The molecule has 19 heavy (non-hydrogen) atoms. The van der Waals surface area contributed by atoms with Crippen LogP contribution in [0.1, 0.15) is 26.3 Å². The van der Waals surface area contributed by atoms with Gasteiger partial charge in [-0.3, -0.25) is 5.32 Å². The summed E-state index contributed by atoms with van der Waals surface area (Å²) in [5.74, 6) is -0.438. The second kappa shape index (κ2) is 5.99. The van der Waals surface area contributed by atoms with Crippen molar-refractivity contribution in [2.75, 3.05) is 12.4 Å². The zero-order valence-electron chi connectivity index (χ0n) is 11.5. The van der Waals surface area contributed by atoms with Crippen LogP contribution in [0.25, 0.3) is 0 Å². The van der Waals surface area contributed by atoms with Crippen molar-refractivity contribution in [3.63, 3.8) is 0 Å². The van der Waals surface area contributed by atoms with Crippen LogP contribution in [0.3, 0.4) is 0 Å². The highest BCUT2D eigenvalue weighted by Crippen LogP contribution is 2.19. The summed E-state index contributed by atoms with van der Waals surface area (Å²) >= 11 is 0. The summed E-state index contributed by atoms with van der Waals surface area (Å²) in [5.41, 5.74) is 0.241. The molecule has 1 aromatic rings. The van der Waals surface area contributed by atoms with Gasteiger partial charge in [0.05, 0.1) is 6.54 Å². The Kier molecular flexibility index (Phi) is 4.85. The van der Waals surface area contributed by atoms with Gasteiger partial charge in [-0.1, -0.05) is 0 Å². The lowest BCUT2D eigenvalue weighted by atomic mass is 10.1. The number of anilines is 1. The summed E-state index contributed by atoms with van der Waals surface area (Å²) < 4.78 is 18.3. The summed E-state index contributed by atoms with van der Waals surface area (Å²) in [5, 5.41) is 12.6. The number of ether oxygens (including phenoxy) is 1. The van der Waals surface area contributed by atoms with Gasteiger partial charge in [0, 0.05) is 12.7 Å². The molecule has 0 aromatic heterocycles. The van der Waals surface area contributed by atoms with E-state index < -0.39 is 17.5 Å². The lowest BCUT2D eigenvalue weighted by Crippen LogP contribution is -2.27. The molecule has 0 aliphatic carbocycles. The van der Waals surface area contributed by atoms with Gasteiger partial charge in [-0.15, -0.1) is 0 Å². The van der Waals surface area contributed by atoms with Crippen LogP contribution in [0.2, 0.25) is 0 Å². The number of nitrogens with one attached hydrogen (secondary N) is 1. The van der Waals surface area contributed by atoms with Crippen molar-refractivity contribution in [3.05, 3.63) is 29.6 Å². The van der Waals surface area contributed by atoms with Crippen LogP contribution in [-0.2, 0) is 11.3 Å². The molecule has 0 saturated carbocycles. The number of benzene rings is 1. The molecule has 0 radical (unpaired) electrons. The van der Waals surface area contributed by atoms with Crippen LogP contribution < -0.4 is 5.32 Å². The Morgan fingerprint density at radius 2 is 2.11 bits per heavy atom. The molecule has 0 spiro atoms. The molecule has 1 amide bonds. The van der Waals surface area contributed by atoms with Gasteiger partial charge >= 0.3 is 6.09 Å². The van der Waals surface area contributed by atoms with Crippen molar-refractivity contribution in [1.29, 1.82) is 0 Å². The number of hydrogen-bond donors (Lipinski definition) is 2. The molecule has 2 N–H and O–H groups in total. The Balaban J connectivity index is 2.85. The van der Waals surface area contributed by atoms with Gasteiger partial charge in [-0.25, -0.2) is 9.18 Å². The van der Waals surface area contributed by atoms with Crippen LogP contribution in [0.4, 0.5) is 14.9 Å². The van der Waals surface area contributed by atoms with Crippen molar-refractivity contribution in [1.82, 2.24) is 5.06 Å². The van der Waals surface area contributed by atoms with Gasteiger partial charge in [-0.05, 0) is 44.5 Å². The highest BCUT2D eigenvalue weighted by atomic mass is 19.1. The fourth-order valence-electron chi connectivity index (χ4n) is 1.48. The molecule has 1 aromatic carbocycles. The van der Waals surface area contributed by atoms with Crippen molar-refractivity contribution < 1.29 is 19.1 Å². The number of halogens is 1. The van der Waals surface area contributed by atoms with Gasteiger partial charge in [-0.2, -0.15) is 5.06 Å². The minimum absolute atomic E-state index is 0.0862. The maximum Gasteiger partial charge on any atom is 0.412 e. The van der Waals surface area contributed by atoms with E-state index in [-0.39, 0.29) is 6.54 Å². The Morgan fingerprint density at radius 3 is 2.63 bits per heavy atom. The van der Waals surface area contributed by atoms with Gasteiger partial charge in [0.25, 0.3) is 0 Å². The minimum Gasteiger partial charge on any atom is -0.444 e. The van der Waals surface area contributed by atoms with E-state index in [1.54, 1.807) is 20.8 Å². The molecule has 0 aliphatic heterocycles. The average molecular weight is 270 g/mol. The quantitative estimate of drug-likeness (QED) is 0.829. The van der Waals surface area contributed by atoms with E-state index in [0.29, 0.717) is 11.3 Å². The van der Waals surface area contributed by atoms with E-state index in [1.807, 2.05) is 0 Å². The molecule has 106 valence electrons. The maximum absolute atomic E-state index is 13.2. The standard InChI is InChI=1S/C13H19FN2O3/c1-13(2,3)19-12(17)15-11-6-5-10(14)7-9(11)8-16(4)18/h5-7,18H,8H2,1-4H3,(H,15,17). The lowest BCUT2D eigenvalue weighted by Gasteiger charge is -2.21. The monoisotopic (exact) mass is 270 g/mol. The molecular formula is C13H19FN2O3. The number of carbonyl (C=O) groups is 1. The molecule has 6 heteroatoms. The molecule has 0 aliphatic rings. The lowest BCUT2D eigenvalue weighted by molar-refractivity contribution is -0.0730. The smallest absolute Gasteiger partial charge is 0.412 e. The van der Waals surface area contributed by atoms with Crippen LogP contribution in [-0.4, -0.2) is 29.0 Å². The number of nitrogens with zero attached hydrogens (tertiary/aromatic N) is 1. The molecule has 0 saturated heterocycles. The summed E-state index contributed by atoms with van der Waals surface area (Å²) in [4.78, 5) is 11.6. The largest absolute Gasteiger partial charge is 0.444 e. The van der Waals surface area contributed by atoms with Crippen LogP contribution in [0, 0.1) is 5.82 Å². The molecule has 0 fully saturated rings. The Hall–Kier alpha value is -1.66. The van der Waals surface area contributed by atoms with Crippen molar-refractivity contribution >= 4 is 11.8 Å². The topological polar surface area (TPSA) is 61.8 Å². The third kappa shape index (κ3) is 5.67. The fraction of sp³-hybridized carbons (Fsp3) is 0.462. The van der Waals surface area contributed by atoms with Gasteiger partial charge in [0.1, 0.15) is 11.4 Å². The predicted octanol–water partition coefficient (Wildman–Crippen LogP) is 2.99. The Morgan fingerprint density at radius 1 is 1.47 bits per heavy atom. The van der Waals surface area contributed by atoms with E-state index in [0.717, 1.165) is 5.06 Å². The number of amides is 1. The van der Waals surface area contributed by atoms with Crippen LogP contribution in [0.5, 0.6) is 0 Å². The minimum atomic E-state index is -0.624. The first kappa shape index (κ1) is 15.4. The Labute approximate surface area is 111 Å². The Bertz CT molecular complexity index is 456. The molecular weight excluding hydrogens is 251 g/mol. The third-order valence-electron chi connectivity index (χ3n) is 2.10. The van der Waals surface area contributed by atoms with E-state index in [9.17, 15) is 14.4 Å². The number of hydroxylamine groups is 2. The van der Waals surface area contributed by atoms with Crippen LogP contribution >= 0.6 is 0 Å². The number of rotatable bonds is 3. The summed E-state index contributed by atoms with van der Waals surface area (Å²) in [6.45, 7) is 5.34. The molecule has 0 bridgehead atoms. The summed E-state index contributed by atoms with van der Waals surface area (Å²) in [6.07, 6.45) is -0.624. The SMILES string of the molecule is CN(O)Cc1cc(F)ccc1NC(=O)OC(C)(C)C. The van der Waals surface area contributed by atoms with Crippen molar-refractivity contribution in [2.45, 2.75) is 32.9 Å². The molecule has 5 nitrogen and oxygen atoms in total. The normalized spacial score (nSPS) is 11.5. The first-order valence-corrected chi connectivity index (χ1v) is 5.86. The van der Waals surface area contributed by atoms with E-state index >= 15 is 0 Å². The first-order chi connectivity index (χ1) is 8.67. The van der Waals surface area contributed by atoms with E-state index in [4.69, 9.17) is 4.74 Å². The van der Waals surface area contributed by atoms with Crippen LogP contribution in [0.15, 0.2) is 18.2 Å². The predicted molar refractivity (Wildman–Crippen MR) is 69.5 cm³/mol. The summed E-state index contributed by atoms with van der Waals surface area (Å²) in [6, 6.07) is 3.91. The highest BCUT2D eigenvalue weighted by molar-refractivity contribution is 5.85. The average Bonchev–Trinajstić information content (AvgIpc) is 2.18. The second-order valence-electron chi connectivity index (χ2n) is 5.24.